The summed E-state index contributed by atoms with van der Waals surface area (Å²) < 4.78 is 0. The Morgan fingerprint density at radius 3 is 2.40 bits per heavy atom. The molecule has 0 aromatic rings. The first-order valence-corrected chi connectivity index (χ1v) is 4.80. The highest BCUT2D eigenvalue weighted by atomic mass is 16.4. The van der Waals surface area contributed by atoms with Crippen LogP contribution in [0.25, 0.3) is 0 Å². The Bertz CT molecular complexity index is 348. The van der Waals surface area contributed by atoms with Crippen LogP contribution in [-0.2, 0) is 14.4 Å². The summed E-state index contributed by atoms with van der Waals surface area (Å²) in [5.74, 6) is -2.33. The van der Waals surface area contributed by atoms with Crippen molar-refractivity contribution in [3.63, 3.8) is 0 Å². The van der Waals surface area contributed by atoms with Crippen LogP contribution in [0, 0.1) is 5.92 Å². The second kappa shape index (κ2) is 2.95. The van der Waals surface area contributed by atoms with Crippen LogP contribution in [0.15, 0.2) is 0 Å². The van der Waals surface area contributed by atoms with E-state index >= 15 is 0 Å². The molecule has 0 bridgehead atoms. The largest absolute Gasteiger partial charge is 0.479 e. The Morgan fingerprint density at radius 2 is 2.07 bits per heavy atom. The van der Waals surface area contributed by atoms with Crippen molar-refractivity contribution in [3.05, 3.63) is 0 Å². The third-order valence-electron chi connectivity index (χ3n) is 3.17. The van der Waals surface area contributed by atoms with Gasteiger partial charge in [0.1, 0.15) is 5.54 Å². The van der Waals surface area contributed by atoms with E-state index in [0.29, 0.717) is 12.8 Å². The van der Waals surface area contributed by atoms with Gasteiger partial charge in [0.2, 0.25) is 11.8 Å². The lowest BCUT2D eigenvalue weighted by molar-refractivity contribution is -0.150. The van der Waals surface area contributed by atoms with Gasteiger partial charge in [-0.15, -0.1) is 0 Å². The van der Waals surface area contributed by atoms with Crippen molar-refractivity contribution >= 4 is 17.8 Å². The molecule has 0 radical (unpaired) electrons. The fourth-order valence-corrected chi connectivity index (χ4v) is 2.03. The van der Waals surface area contributed by atoms with Crippen LogP contribution in [0.1, 0.15) is 19.3 Å². The molecule has 1 saturated carbocycles. The number of rotatable bonds is 3. The maximum atomic E-state index is 11.5. The Labute approximate surface area is 86.0 Å². The van der Waals surface area contributed by atoms with Crippen LogP contribution >= 0.6 is 0 Å². The molecule has 1 aliphatic heterocycles. The molecule has 1 saturated heterocycles. The molecule has 1 aliphatic carbocycles. The number of nitrogens with zero attached hydrogens (tertiary/aromatic N) is 1. The van der Waals surface area contributed by atoms with Gasteiger partial charge in [-0.25, -0.2) is 4.79 Å². The number of hydrogen-bond donors (Lipinski definition) is 2. The molecule has 1 unspecified atom stereocenters. The molecule has 0 aromatic carbocycles. The van der Waals surface area contributed by atoms with Crippen molar-refractivity contribution in [2.45, 2.75) is 24.8 Å². The van der Waals surface area contributed by atoms with Crippen molar-refractivity contribution < 1.29 is 19.5 Å². The Morgan fingerprint density at radius 1 is 1.47 bits per heavy atom. The van der Waals surface area contributed by atoms with E-state index < -0.39 is 23.3 Å². The minimum Gasteiger partial charge on any atom is -0.479 e. The Kier molecular flexibility index (Phi) is 1.95. The number of amides is 2. The van der Waals surface area contributed by atoms with Crippen LogP contribution in [0.3, 0.4) is 0 Å². The molecule has 1 atom stereocenters. The predicted octanol–water partition coefficient (Wildman–Crippen LogP) is -1.06. The van der Waals surface area contributed by atoms with E-state index in [0.717, 1.165) is 0 Å². The summed E-state index contributed by atoms with van der Waals surface area (Å²) in [5, 5.41) is 9.00. The molecule has 0 spiro atoms. The minimum absolute atomic E-state index is 0.0460. The molecule has 15 heavy (non-hydrogen) atoms. The smallest absolute Gasteiger partial charge is 0.329 e. The summed E-state index contributed by atoms with van der Waals surface area (Å²) in [6, 6.07) is 0. The van der Waals surface area contributed by atoms with Gasteiger partial charge in [0, 0.05) is 13.0 Å². The molecule has 6 heteroatoms. The molecule has 1 heterocycles. The minimum atomic E-state index is -1.04. The average molecular weight is 212 g/mol. The lowest BCUT2D eigenvalue weighted by atomic mass is 10.1. The monoisotopic (exact) mass is 212 g/mol. The second-order valence-corrected chi connectivity index (χ2v) is 4.14. The van der Waals surface area contributed by atoms with Crippen molar-refractivity contribution in [2.75, 3.05) is 6.54 Å². The van der Waals surface area contributed by atoms with Crippen LogP contribution < -0.4 is 5.73 Å². The number of carboxylic acids is 1. The molecular weight excluding hydrogens is 200 g/mol. The third-order valence-corrected chi connectivity index (χ3v) is 3.17. The summed E-state index contributed by atoms with van der Waals surface area (Å²) in [4.78, 5) is 34.7. The highest BCUT2D eigenvalue weighted by Gasteiger charge is 2.59. The van der Waals surface area contributed by atoms with Gasteiger partial charge in [0.05, 0.1) is 5.92 Å². The highest BCUT2D eigenvalue weighted by molar-refractivity contribution is 5.94. The van der Waals surface area contributed by atoms with Crippen molar-refractivity contribution in [1.29, 1.82) is 0 Å². The van der Waals surface area contributed by atoms with E-state index in [1.807, 2.05) is 0 Å². The fraction of sp³-hybridized carbons (Fsp3) is 0.667. The van der Waals surface area contributed by atoms with Gasteiger partial charge in [-0.2, -0.15) is 0 Å². The van der Waals surface area contributed by atoms with E-state index in [1.165, 1.54) is 4.90 Å². The number of carbonyl (C=O) groups excluding carboxylic acids is 2. The number of hydrogen-bond acceptors (Lipinski definition) is 3. The molecule has 6 nitrogen and oxygen atoms in total. The van der Waals surface area contributed by atoms with Crippen molar-refractivity contribution in [2.24, 2.45) is 11.7 Å². The Hall–Kier alpha value is -1.59. The van der Waals surface area contributed by atoms with E-state index in [9.17, 15) is 14.4 Å². The maximum Gasteiger partial charge on any atom is 0.329 e. The van der Waals surface area contributed by atoms with E-state index in [2.05, 4.69) is 0 Å². The number of carbonyl (C=O) groups is 3. The second-order valence-electron chi connectivity index (χ2n) is 4.14. The topological polar surface area (TPSA) is 101 Å². The first-order valence-electron chi connectivity index (χ1n) is 4.80. The number of carboxylic acid groups (broad SMARTS) is 1. The zero-order chi connectivity index (χ0) is 11.2. The van der Waals surface area contributed by atoms with Crippen LogP contribution in [0.4, 0.5) is 0 Å². The molecule has 2 fully saturated rings. The van der Waals surface area contributed by atoms with Gasteiger partial charge in [-0.3, -0.25) is 9.59 Å². The van der Waals surface area contributed by atoms with Crippen LogP contribution in [0.5, 0.6) is 0 Å². The van der Waals surface area contributed by atoms with Crippen molar-refractivity contribution in [3.8, 4) is 0 Å². The van der Waals surface area contributed by atoms with Gasteiger partial charge < -0.3 is 15.7 Å². The molecule has 2 amide bonds. The number of likely N-dealkylation sites (tertiary alicyclic amines) is 1. The standard InChI is InChI=1S/C9H12N2O4/c10-7(13)5-3-6(12)11(4-5)9(1-2-9)8(14)15/h5H,1-4H2,(H2,10,13)(H,14,15). The number of primary amides is 1. The first kappa shape index (κ1) is 9.95. The highest BCUT2D eigenvalue weighted by Crippen LogP contribution is 2.44. The molecule has 2 aliphatic rings. The predicted molar refractivity (Wildman–Crippen MR) is 48.6 cm³/mol. The van der Waals surface area contributed by atoms with Crippen LogP contribution in [-0.4, -0.2) is 39.9 Å². The quantitative estimate of drug-likeness (QED) is 0.622. The van der Waals surface area contributed by atoms with Gasteiger partial charge in [-0.1, -0.05) is 0 Å². The molecule has 0 aromatic heterocycles. The fourth-order valence-electron chi connectivity index (χ4n) is 2.03. The summed E-state index contributed by atoms with van der Waals surface area (Å²) in [6.45, 7) is 0.153. The summed E-state index contributed by atoms with van der Waals surface area (Å²) >= 11 is 0. The summed E-state index contributed by atoms with van der Waals surface area (Å²) in [6.07, 6.45) is 0.990. The first-order chi connectivity index (χ1) is 6.97. The molecule has 82 valence electrons. The van der Waals surface area contributed by atoms with E-state index in [-0.39, 0.29) is 18.9 Å². The average Bonchev–Trinajstić information content (AvgIpc) is 2.85. The summed E-state index contributed by atoms with van der Waals surface area (Å²) in [5.41, 5.74) is 4.06. The molecule has 2 rings (SSSR count). The summed E-state index contributed by atoms with van der Waals surface area (Å²) in [7, 11) is 0. The molecular formula is C9H12N2O4. The van der Waals surface area contributed by atoms with Gasteiger partial charge in [-0.05, 0) is 12.8 Å². The van der Waals surface area contributed by atoms with E-state index in [4.69, 9.17) is 10.8 Å². The third kappa shape index (κ3) is 1.36. The Balaban J connectivity index is 2.16. The lowest BCUT2D eigenvalue weighted by Gasteiger charge is -2.23. The van der Waals surface area contributed by atoms with Crippen molar-refractivity contribution in [1.82, 2.24) is 4.90 Å². The normalized spacial score (nSPS) is 27.9. The number of aliphatic carboxylic acids is 1. The van der Waals surface area contributed by atoms with Crippen LogP contribution in [0.2, 0.25) is 0 Å². The van der Waals surface area contributed by atoms with Gasteiger partial charge in [0.15, 0.2) is 0 Å². The van der Waals surface area contributed by atoms with E-state index in [1.54, 1.807) is 0 Å². The maximum absolute atomic E-state index is 11.5. The zero-order valence-corrected chi connectivity index (χ0v) is 8.10. The SMILES string of the molecule is NC(=O)C1CC(=O)N(C2(C(=O)O)CC2)C1. The van der Waals surface area contributed by atoms with Gasteiger partial charge >= 0.3 is 5.97 Å². The van der Waals surface area contributed by atoms with Gasteiger partial charge in [0.25, 0.3) is 0 Å². The lowest BCUT2D eigenvalue weighted by Crippen LogP contribution is -2.45. The molecule has 3 N–H and O–H groups in total. The zero-order valence-electron chi connectivity index (χ0n) is 8.10. The number of nitrogens with two attached hydrogens (primary N) is 1.